The van der Waals surface area contributed by atoms with Gasteiger partial charge in [0.15, 0.2) is 0 Å². The summed E-state index contributed by atoms with van der Waals surface area (Å²) in [4.78, 5) is 4.20. The summed E-state index contributed by atoms with van der Waals surface area (Å²) in [5.74, 6) is 0.569. The Morgan fingerprint density at radius 1 is 1.47 bits per heavy atom. The van der Waals surface area contributed by atoms with Crippen LogP contribution in [0.4, 0.5) is 0 Å². The molecule has 0 bridgehead atoms. The Morgan fingerprint density at radius 2 is 2.24 bits per heavy atom. The standard InChI is InChI=1S/C14H25N3/c1-5-7-15-9-13(12(3)4)8-14-10-16-11-17(14)6-2/h8,10-12,15H,5-7,9H2,1-4H3. The zero-order chi connectivity index (χ0) is 12.7. The molecule has 3 nitrogen and oxygen atoms in total. The molecule has 0 radical (unpaired) electrons. The molecule has 0 aliphatic carbocycles. The third-order valence-electron chi connectivity index (χ3n) is 2.92. The van der Waals surface area contributed by atoms with Gasteiger partial charge in [-0.25, -0.2) is 4.98 Å². The highest BCUT2D eigenvalue weighted by Crippen LogP contribution is 2.14. The summed E-state index contributed by atoms with van der Waals surface area (Å²) in [5.41, 5.74) is 2.64. The zero-order valence-electron chi connectivity index (χ0n) is 11.5. The van der Waals surface area contributed by atoms with Crippen molar-refractivity contribution in [1.29, 1.82) is 0 Å². The molecule has 17 heavy (non-hydrogen) atoms. The van der Waals surface area contributed by atoms with E-state index in [9.17, 15) is 0 Å². The Morgan fingerprint density at radius 3 is 2.82 bits per heavy atom. The molecular weight excluding hydrogens is 210 g/mol. The third kappa shape index (κ3) is 4.35. The van der Waals surface area contributed by atoms with E-state index in [1.807, 2.05) is 12.5 Å². The first-order valence-electron chi connectivity index (χ1n) is 6.60. The number of aryl methyl sites for hydroxylation is 1. The van der Waals surface area contributed by atoms with Crippen LogP contribution < -0.4 is 5.32 Å². The van der Waals surface area contributed by atoms with E-state index in [-0.39, 0.29) is 0 Å². The van der Waals surface area contributed by atoms with Crippen molar-refractivity contribution in [3.63, 3.8) is 0 Å². The van der Waals surface area contributed by atoms with Gasteiger partial charge in [-0.1, -0.05) is 26.3 Å². The SMILES string of the molecule is CCCNCC(=Cc1cncn1CC)C(C)C. The highest BCUT2D eigenvalue weighted by molar-refractivity contribution is 5.49. The summed E-state index contributed by atoms with van der Waals surface area (Å²) in [7, 11) is 0. The summed E-state index contributed by atoms with van der Waals surface area (Å²) >= 11 is 0. The predicted octanol–water partition coefficient (Wildman–Crippen LogP) is 2.94. The summed E-state index contributed by atoms with van der Waals surface area (Å²) in [6, 6.07) is 0. The first-order chi connectivity index (χ1) is 8.19. The molecular formula is C14H25N3. The van der Waals surface area contributed by atoms with Crippen LogP contribution in [0.3, 0.4) is 0 Å². The predicted molar refractivity (Wildman–Crippen MR) is 73.9 cm³/mol. The number of imidazole rings is 1. The monoisotopic (exact) mass is 235 g/mol. The minimum absolute atomic E-state index is 0.569. The van der Waals surface area contributed by atoms with E-state index in [0.717, 1.165) is 19.6 Å². The van der Waals surface area contributed by atoms with Gasteiger partial charge in [0.2, 0.25) is 0 Å². The van der Waals surface area contributed by atoms with E-state index in [1.54, 1.807) is 0 Å². The molecule has 0 aliphatic rings. The van der Waals surface area contributed by atoms with E-state index in [1.165, 1.54) is 17.7 Å². The lowest BCUT2D eigenvalue weighted by Crippen LogP contribution is -2.20. The number of hydrogen-bond acceptors (Lipinski definition) is 2. The normalized spacial score (nSPS) is 12.4. The maximum Gasteiger partial charge on any atom is 0.0950 e. The molecule has 3 heteroatoms. The van der Waals surface area contributed by atoms with Gasteiger partial charge in [0.25, 0.3) is 0 Å². The van der Waals surface area contributed by atoms with Crippen molar-refractivity contribution in [1.82, 2.24) is 14.9 Å². The molecule has 1 aromatic heterocycles. The van der Waals surface area contributed by atoms with Crippen LogP contribution in [0.25, 0.3) is 6.08 Å². The van der Waals surface area contributed by atoms with Gasteiger partial charge >= 0.3 is 0 Å². The van der Waals surface area contributed by atoms with Crippen molar-refractivity contribution in [3.05, 3.63) is 23.8 Å². The molecule has 0 amide bonds. The van der Waals surface area contributed by atoms with Gasteiger partial charge in [-0.05, 0) is 31.9 Å². The zero-order valence-corrected chi connectivity index (χ0v) is 11.5. The van der Waals surface area contributed by atoms with Crippen molar-refractivity contribution >= 4 is 6.08 Å². The second-order valence-corrected chi connectivity index (χ2v) is 4.66. The fraction of sp³-hybridized carbons (Fsp3) is 0.643. The first kappa shape index (κ1) is 14.0. The molecule has 96 valence electrons. The summed E-state index contributed by atoms with van der Waals surface area (Å²) < 4.78 is 2.17. The van der Waals surface area contributed by atoms with E-state index < -0.39 is 0 Å². The molecule has 0 unspecified atom stereocenters. The second-order valence-electron chi connectivity index (χ2n) is 4.66. The lowest BCUT2D eigenvalue weighted by Gasteiger charge is -2.13. The van der Waals surface area contributed by atoms with Crippen molar-refractivity contribution in [2.75, 3.05) is 13.1 Å². The van der Waals surface area contributed by atoms with E-state index in [0.29, 0.717) is 5.92 Å². The van der Waals surface area contributed by atoms with Crippen LogP contribution in [0, 0.1) is 5.92 Å². The Labute approximate surface area is 105 Å². The Kier molecular flexibility index (Phi) is 5.98. The lowest BCUT2D eigenvalue weighted by molar-refractivity contribution is 0.655. The number of nitrogens with zero attached hydrogens (tertiary/aromatic N) is 2. The highest BCUT2D eigenvalue weighted by Gasteiger charge is 2.05. The van der Waals surface area contributed by atoms with Gasteiger partial charge in [-0.15, -0.1) is 0 Å². The maximum atomic E-state index is 4.20. The Balaban J connectivity index is 2.75. The fourth-order valence-electron chi connectivity index (χ4n) is 1.74. The van der Waals surface area contributed by atoms with E-state index >= 15 is 0 Å². The molecule has 0 saturated carbocycles. The molecule has 0 fully saturated rings. The van der Waals surface area contributed by atoms with Crippen LogP contribution in [0.2, 0.25) is 0 Å². The van der Waals surface area contributed by atoms with Gasteiger partial charge in [0.05, 0.1) is 18.2 Å². The van der Waals surface area contributed by atoms with Crippen LogP contribution in [0.5, 0.6) is 0 Å². The fourth-order valence-corrected chi connectivity index (χ4v) is 1.74. The largest absolute Gasteiger partial charge is 0.331 e. The average Bonchev–Trinajstić information content (AvgIpc) is 2.75. The van der Waals surface area contributed by atoms with Crippen LogP contribution in [-0.4, -0.2) is 22.6 Å². The van der Waals surface area contributed by atoms with Crippen molar-refractivity contribution in [2.24, 2.45) is 5.92 Å². The van der Waals surface area contributed by atoms with Crippen LogP contribution in [-0.2, 0) is 6.54 Å². The minimum Gasteiger partial charge on any atom is -0.331 e. The summed E-state index contributed by atoms with van der Waals surface area (Å²) in [6.07, 6.45) is 7.27. The van der Waals surface area contributed by atoms with Gasteiger partial charge in [-0.2, -0.15) is 0 Å². The van der Waals surface area contributed by atoms with Crippen molar-refractivity contribution in [2.45, 2.75) is 40.7 Å². The van der Waals surface area contributed by atoms with Gasteiger partial charge in [0.1, 0.15) is 0 Å². The quantitative estimate of drug-likeness (QED) is 0.736. The van der Waals surface area contributed by atoms with Gasteiger partial charge < -0.3 is 9.88 Å². The summed E-state index contributed by atoms with van der Waals surface area (Å²) in [5, 5.41) is 3.47. The van der Waals surface area contributed by atoms with Gasteiger partial charge in [-0.3, -0.25) is 0 Å². The maximum absolute atomic E-state index is 4.20. The van der Waals surface area contributed by atoms with E-state index in [2.05, 4.69) is 48.6 Å². The van der Waals surface area contributed by atoms with Crippen LogP contribution >= 0.6 is 0 Å². The summed E-state index contributed by atoms with van der Waals surface area (Å²) in [6.45, 7) is 11.8. The lowest BCUT2D eigenvalue weighted by atomic mass is 10.0. The topological polar surface area (TPSA) is 29.9 Å². The molecule has 0 atom stereocenters. The van der Waals surface area contributed by atoms with Crippen LogP contribution in [0.15, 0.2) is 18.1 Å². The highest BCUT2D eigenvalue weighted by atomic mass is 15.0. The molecule has 0 aromatic carbocycles. The van der Waals surface area contributed by atoms with Crippen molar-refractivity contribution < 1.29 is 0 Å². The third-order valence-corrected chi connectivity index (χ3v) is 2.92. The van der Waals surface area contributed by atoms with Gasteiger partial charge in [0, 0.05) is 13.1 Å². The molecule has 1 rings (SSSR count). The number of hydrogen-bond donors (Lipinski definition) is 1. The molecule has 0 saturated heterocycles. The minimum atomic E-state index is 0.569. The van der Waals surface area contributed by atoms with Crippen LogP contribution in [0.1, 0.15) is 39.8 Å². The Hall–Kier alpha value is -1.09. The molecule has 1 aromatic rings. The molecule has 0 spiro atoms. The first-order valence-corrected chi connectivity index (χ1v) is 6.60. The molecule has 0 aliphatic heterocycles. The second kappa shape index (κ2) is 7.28. The van der Waals surface area contributed by atoms with E-state index in [4.69, 9.17) is 0 Å². The molecule has 1 N–H and O–H groups in total. The van der Waals surface area contributed by atoms with Crippen molar-refractivity contribution in [3.8, 4) is 0 Å². The average molecular weight is 235 g/mol. The molecule has 1 heterocycles. The number of nitrogens with one attached hydrogen (secondary N) is 1. The number of rotatable bonds is 7. The Bertz CT molecular complexity index is 350. The number of aromatic nitrogens is 2. The smallest absolute Gasteiger partial charge is 0.0950 e.